The highest BCUT2D eigenvalue weighted by atomic mass is 35.5. The van der Waals surface area contributed by atoms with Crippen LogP contribution < -0.4 is 9.64 Å². The third kappa shape index (κ3) is 5.15. The quantitative estimate of drug-likeness (QED) is 0.213. The van der Waals surface area contributed by atoms with E-state index in [2.05, 4.69) is 0 Å². The predicted molar refractivity (Wildman–Crippen MR) is 136 cm³/mol. The lowest BCUT2D eigenvalue weighted by molar-refractivity contribution is -0.113. The van der Waals surface area contributed by atoms with Gasteiger partial charge in [0.15, 0.2) is 4.32 Å². The Morgan fingerprint density at radius 1 is 1.10 bits per heavy atom. The molecule has 7 heteroatoms. The number of nitrogens with zero attached hydrogens (tertiary/aromatic N) is 1. The zero-order valence-corrected chi connectivity index (χ0v) is 19.8. The summed E-state index contributed by atoms with van der Waals surface area (Å²) >= 11 is 14.4. The van der Waals surface area contributed by atoms with Gasteiger partial charge in [-0.05, 0) is 54.3 Å². The minimum Gasteiger partial charge on any atom is -0.488 e. The number of thioether (sulfide) groups is 2. The third-order valence-electron chi connectivity index (χ3n) is 4.62. The van der Waals surface area contributed by atoms with Gasteiger partial charge in [0.25, 0.3) is 5.91 Å². The van der Waals surface area contributed by atoms with Crippen molar-refractivity contribution in [2.24, 2.45) is 0 Å². The standard InChI is InChI=1S/C24H18ClNO2S3/c1-30-20-7-4-6-19(14-20)26-23(27)22(31-24(26)29)13-17-5-2-3-8-21(17)28-15-16-9-11-18(25)12-10-16/h2-14H,15H2,1H3/b22-13+. The van der Waals surface area contributed by atoms with Crippen molar-refractivity contribution in [1.82, 2.24) is 0 Å². The van der Waals surface area contributed by atoms with Crippen LogP contribution in [0.25, 0.3) is 6.08 Å². The number of amides is 1. The summed E-state index contributed by atoms with van der Waals surface area (Å²) in [6, 6.07) is 23.0. The lowest BCUT2D eigenvalue weighted by Gasteiger charge is -2.15. The number of rotatable bonds is 6. The zero-order chi connectivity index (χ0) is 21.8. The van der Waals surface area contributed by atoms with Crippen LogP contribution in [0.3, 0.4) is 0 Å². The molecule has 0 unspecified atom stereocenters. The second kappa shape index (κ2) is 9.92. The van der Waals surface area contributed by atoms with Gasteiger partial charge in [-0.1, -0.05) is 72.0 Å². The number of para-hydroxylation sites is 1. The molecule has 1 aliphatic heterocycles. The average molecular weight is 484 g/mol. The van der Waals surface area contributed by atoms with Crippen molar-refractivity contribution in [2.75, 3.05) is 11.2 Å². The largest absolute Gasteiger partial charge is 0.488 e. The van der Waals surface area contributed by atoms with Crippen molar-refractivity contribution in [3.8, 4) is 5.75 Å². The van der Waals surface area contributed by atoms with E-state index in [1.54, 1.807) is 16.7 Å². The summed E-state index contributed by atoms with van der Waals surface area (Å²) < 4.78 is 6.54. The molecule has 1 heterocycles. The second-order valence-electron chi connectivity index (χ2n) is 6.67. The van der Waals surface area contributed by atoms with Crippen molar-refractivity contribution in [1.29, 1.82) is 0 Å². The Kier molecular flexibility index (Phi) is 7.02. The van der Waals surface area contributed by atoms with E-state index in [1.165, 1.54) is 11.8 Å². The molecule has 3 aromatic rings. The number of hydrogen-bond acceptors (Lipinski definition) is 5. The van der Waals surface area contributed by atoms with Crippen molar-refractivity contribution >= 4 is 69.3 Å². The molecule has 0 N–H and O–H groups in total. The number of carbonyl (C=O) groups excluding carboxylic acids is 1. The molecule has 156 valence electrons. The predicted octanol–water partition coefficient (Wildman–Crippen LogP) is 7.05. The van der Waals surface area contributed by atoms with Crippen molar-refractivity contribution < 1.29 is 9.53 Å². The molecule has 0 spiro atoms. The van der Waals surface area contributed by atoms with E-state index in [0.717, 1.165) is 21.7 Å². The maximum Gasteiger partial charge on any atom is 0.270 e. The van der Waals surface area contributed by atoms with Crippen molar-refractivity contribution in [3.05, 3.63) is 93.9 Å². The molecule has 1 amide bonds. The van der Waals surface area contributed by atoms with Crippen LogP contribution in [0, 0.1) is 0 Å². The number of hydrogen-bond donors (Lipinski definition) is 0. The first-order valence-corrected chi connectivity index (χ1v) is 12.3. The Bertz CT molecular complexity index is 1160. The normalized spacial score (nSPS) is 15.0. The Labute approximate surface area is 200 Å². The molecular weight excluding hydrogens is 466 g/mol. The highest BCUT2D eigenvalue weighted by Gasteiger charge is 2.33. The topological polar surface area (TPSA) is 29.5 Å². The van der Waals surface area contributed by atoms with Crippen molar-refractivity contribution in [3.63, 3.8) is 0 Å². The van der Waals surface area contributed by atoms with Crippen LogP contribution in [0.4, 0.5) is 5.69 Å². The van der Waals surface area contributed by atoms with Gasteiger partial charge in [0.2, 0.25) is 0 Å². The van der Waals surface area contributed by atoms with E-state index in [9.17, 15) is 4.79 Å². The molecule has 3 nitrogen and oxygen atoms in total. The SMILES string of the molecule is CSc1cccc(N2C(=O)/C(=C\c3ccccc3OCc3ccc(Cl)cc3)SC2=S)c1. The fraction of sp³-hybridized carbons (Fsp3) is 0.0833. The van der Waals surface area contributed by atoms with Crippen LogP contribution in [0.5, 0.6) is 5.75 Å². The third-order valence-corrected chi connectivity index (χ3v) is 6.90. The molecule has 1 saturated heterocycles. The van der Waals surface area contributed by atoms with Gasteiger partial charge in [0, 0.05) is 15.5 Å². The maximum atomic E-state index is 13.1. The molecular formula is C24H18ClNO2S3. The van der Waals surface area contributed by atoms with Gasteiger partial charge in [-0.15, -0.1) is 11.8 Å². The first-order valence-electron chi connectivity index (χ1n) is 9.43. The molecule has 1 aliphatic rings. The number of carbonyl (C=O) groups is 1. The second-order valence-corrected chi connectivity index (χ2v) is 9.66. The summed E-state index contributed by atoms with van der Waals surface area (Å²) in [7, 11) is 0. The maximum absolute atomic E-state index is 13.1. The average Bonchev–Trinajstić information content (AvgIpc) is 3.07. The van der Waals surface area contributed by atoms with E-state index in [1.807, 2.05) is 85.1 Å². The summed E-state index contributed by atoms with van der Waals surface area (Å²) in [4.78, 5) is 16.4. The summed E-state index contributed by atoms with van der Waals surface area (Å²) in [5.74, 6) is 0.577. The van der Waals surface area contributed by atoms with Crippen LogP contribution in [0.1, 0.15) is 11.1 Å². The summed E-state index contributed by atoms with van der Waals surface area (Å²) in [5.41, 5.74) is 2.62. The summed E-state index contributed by atoms with van der Waals surface area (Å²) in [5, 5.41) is 0.689. The van der Waals surface area contributed by atoms with Crippen LogP contribution >= 0.6 is 47.3 Å². The molecule has 31 heavy (non-hydrogen) atoms. The number of thiocarbonyl (C=S) groups is 1. The molecule has 1 fully saturated rings. The molecule has 0 radical (unpaired) electrons. The number of benzene rings is 3. The van der Waals surface area contributed by atoms with Gasteiger partial charge in [0.1, 0.15) is 12.4 Å². The molecule has 0 bridgehead atoms. The van der Waals surface area contributed by atoms with Crippen molar-refractivity contribution in [2.45, 2.75) is 11.5 Å². The lowest BCUT2D eigenvalue weighted by atomic mass is 10.1. The molecule has 4 rings (SSSR count). The van der Waals surface area contributed by atoms with Crippen LogP contribution in [-0.2, 0) is 11.4 Å². The first kappa shape index (κ1) is 22.0. The van der Waals surface area contributed by atoms with E-state index in [0.29, 0.717) is 26.6 Å². The molecule has 0 aromatic heterocycles. The van der Waals surface area contributed by atoms with E-state index >= 15 is 0 Å². The molecule has 3 aromatic carbocycles. The van der Waals surface area contributed by atoms with Gasteiger partial charge >= 0.3 is 0 Å². The minimum absolute atomic E-state index is 0.124. The highest BCUT2D eigenvalue weighted by molar-refractivity contribution is 8.27. The van der Waals surface area contributed by atoms with Gasteiger partial charge in [-0.2, -0.15) is 0 Å². The number of ether oxygens (including phenoxy) is 1. The summed E-state index contributed by atoms with van der Waals surface area (Å²) in [6.07, 6.45) is 3.85. The smallest absolute Gasteiger partial charge is 0.270 e. The Hall–Kier alpha value is -2.25. The Morgan fingerprint density at radius 3 is 2.65 bits per heavy atom. The lowest BCUT2D eigenvalue weighted by Crippen LogP contribution is -2.27. The number of anilines is 1. The Balaban J connectivity index is 1.56. The van der Waals surface area contributed by atoms with E-state index < -0.39 is 0 Å². The van der Waals surface area contributed by atoms with Gasteiger partial charge < -0.3 is 4.74 Å². The van der Waals surface area contributed by atoms with E-state index in [4.69, 9.17) is 28.6 Å². The highest BCUT2D eigenvalue weighted by Crippen LogP contribution is 2.38. The number of halogens is 1. The first-order chi connectivity index (χ1) is 15.0. The van der Waals surface area contributed by atoms with Gasteiger partial charge in [-0.3, -0.25) is 9.69 Å². The van der Waals surface area contributed by atoms with Gasteiger partial charge in [-0.25, -0.2) is 0 Å². The van der Waals surface area contributed by atoms with Crippen LogP contribution in [-0.4, -0.2) is 16.5 Å². The fourth-order valence-corrected chi connectivity index (χ4v) is 4.92. The van der Waals surface area contributed by atoms with Crippen LogP contribution in [0.15, 0.2) is 82.6 Å². The van der Waals surface area contributed by atoms with Gasteiger partial charge in [0.05, 0.1) is 10.6 Å². The van der Waals surface area contributed by atoms with E-state index in [-0.39, 0.29) is 5.91 Å². The minimum atomic E-state index is -0.124. The molecule has 0 saturated carbocycles. The van der Waals surface area contributed by atoms with Crippen LogP contribution in [0.2, 0.25) is 5.02 Å². The summed E-state index contributed by atoms with van der Waals surface area (Å²) in [6.45, 7) is 0.407. The molecule has 0 aliphatic carbocycles. The zero-order valence-electron chi connectivity index (χ0n) is 16.6. The molecule has 0 atom stereocenters. The fourth-order valence-electron chi connectivity index (χ4n) is 3.05. The monoisotopic (exact) mass is 483 g/mol. The Morgan fingerprint density at radius 2 is 1.87 bits per heavy atom.